The minimum absolute atomic E-state index is 0.106. The fourth-order valence-corrected chi connectivity index (χ4v) is 2.77. The van der Waals surface area contributed by atoms with Crippen molar-refractivity contribution in [2.24, 2.45) is 10.7 Å². The number of aromatic nitrogens is 2. The van der Waals surface area contributed by atoms with Gasteiger partial charge in [0.2, 0.25) is 0 Å². The normalized spacial score (nSPS) is 18.9. The SMILES string of the molecule is CC1=C[C@@](C)(c2cc(NC(=O)c3cnc(C(F)F)cn3)ccc2F)N=C(N)O1. The van der Waals surface area contributed by atoms with Gasteiger partial charge >= 0.3 is 0 Å². The van der Waals surface area contributed by atoms with Crippen molar-refractivity contribution >= 4 is 17.6 Å². The molecule has 0 bridgehead atoms. The summed E-state index contributed by atoms with van der Waals surface area (Å²) in [6.45, 7) is 3.30. The van der Waals surface area contributed by atoms with E-state index in [9.17, 15) is 18.0 Å². The highest BCUT2D eigenvalue weighted by Crippen LogP contribution is 2.34. The molecule has 7 nitrogen and oxygen atoms in total. The number of ether oxygens (including phenoxy) is 1. The minimum atomic E-state index is -2.78. The van der Waals surface area contributed by atoms with Gasteiger partial charge in [-0.3, -0.25) is 9.78 Å². The number of amidine groups is 1. The van der Waals surface area contributed by atoms with E-state index in [2.05, 4.69) is 20.3 Å². The molecule has 1 aromatic heterocycles. The standard InChI is InChI=1S/C18H16F3N5O2/c1-9-6-18(2,26-17(22)28-9)11-5-10(3-4-12(11)19)25-16(27)14-8-23-13(7-24-14)15(20)21/h3-8,15H,1-2H3,(H2,22,26)(H,25,27)/t18-/m0/s1. The lowest BCUT2D eigenvalue weighted by Crippen LogP contribution is -2.30. The zero-order valence-corrected chi connectivity index (χ0v) is 14.9. The number of hydrogen-bond donors (Lipinski definition) is 2. The van der Waals surface area contributed by atoms with Gasteiger partial charge in [0, 0.05) is 11.3 Å². The van der Waals surface area contributed by atoms with Crippen LogP contribution in [0.5, 0.6) is 0 Å². The number of nitrogens with one attached hydrogen (secondary N) is 1. The molecule has 2 heterocycles. The Labute approximate surface area is 158 Å². The molecule has 28 heavy (non-hydrogen) atoms. The Morgan fingerprint density at radius 3 is 2.64 bits per heavy atom. The maximum absolute atomic E-state index is 14.4. The summed E-state index contributed by atoms with van der Waals surface area (Å²) in [5, 5.41) is 2.53. The van der Waals surface area contributed by atoms with E-state index in [-0.39, 0.29) is 23.0 Å². The van der Waals surface area contributed by atoms with Crippen LogP contribution in [0.2, 0.25) is 0 Å². The Morgan fingerprint density at radius 1 is 1.29 bits per heavy atom. The highest BCUT2D eigenvalue weighted by Gasteiger charge is 2.31. The number of hydrogen-bond acceptors (Lipinski definition) is 6. The van der Waals surface area contributed by atoms with E-state index in [1.807, 2.05) is 0 Å². The molecule has 10 heteroatoms. The number of halogens is 3. The van der Waals surface area contributed by atoms with Gasteiger partial charge in [-0.1, -0.05) is 0 Å². The van der Waals surface area contributed by atoms with Gasteiger partial charge in [-0.2, -0.15) is 0 Å². The number of aliphatic imine (C=N–C) groups is 1. The number of alkyl halides is 2. The lowest BCUT2D eigenvalue weighted by atomic mass is 9.90. The summed E-state index contributed by atoms with van der Waals surface area (Å²) in [5.74, 6) is -0.778. The third-order valence-corrected chi connectivity index (χ3v) is 3.99. The molecular formula is C18H16F3N5O2. The summed E-state index contributed by atoms with van der Waals surface area (Å²) in [4.78, 5) is 23.6. The van der Waals surface area contributed by atoms with Gasteiger partial charge in [-0.05, 0) is 38.1 Å². The molecule has 2 aromatic rings. The highest BCUT2D eigenvalue weighted by atomic mass is 19.3. The van der Waals surface area contributed by atoms with Gasteiger partial charge < -0.3 is 15.8 Å². The second-order valence-electron chi connectivity index (χ2n) is 6.23. The van der Waals surface area contributed by atoms with E-state index < -0.39 is 29.4 Å². The number of carbonyl (C=O) groups is 1. The fraction of sp³-hybridized carbons (Fsp3) is 0.222. The summed E-state index contributed by atoms with van der Waals surface area (Å²) in [6.07, 6.45) is 0.582. The Kier molecular flexibility index (Phi) is 5.04. The molecule has 1 aliphatic rings. The third kappa shape index (κ3) is 3.95. The quantitative estimate of drug-likeness (QED) is 0.833. The van der Waals surface area contributed by atoms with Crippen LogP contribution in [0, 0.1) is 5.82 Å². The number of nitrogens with two attached hydrogens (primary N) is 1. The number of benzene rings is 1. The largest absolute Gasteiger partial charge is 0.431 e. The Balaban J connectivity index is 1.87. The molecule has 3 N–H and O–H groups in total. The molecule has 0 radical (unpaired) electrons. The first kappa shape index (κ1) is 19.3. The molecule has 0 saturated carbocycles. The van der Waals surface area contributed by atoms with Gasteiger partial charge in [0.1, 0.15) is 28.5 Å². The monoisotopic (exact) mass is 391 g/mol. The molecule has 3 rings (SSSR count). The summed E-state index contributed by atoms with van der Waals surface area (Å²) in [6, 6.07) is 3.82. The minimum Gasteiger partial charge on any atom is -0.431 e. The molecule has 146 valence electrons. The van der Waals surface area contributed by atoms with Gasteiger partial charge in [-0.15, -0.1) is 0 Å². The number of amides is 1. The lowest BCUT2D eigenvalue weighted by Gasteiger charge is -2.27. The van der Waals surface area contributed by atoms with Crippen LogP contribution in [0.25, 0.3) is 0 Å². The topological polar surface area (TPSA) is 102 Å². The van der Waals surface area contributed by atoms with E-state index in [0.29, 0.717) is 5.76 Å². The predicted octanol–water partition coefficient (Wildman–Crippen LogP) is 3.27. The molecule has 1 aliphatic heterocycles. The molecular weight excluding hydrogens is 375 g/mol. The van der Waals surface area contributed by atoms with E-state index in [4.69, 9.17) is 10.5 Å². The van der Waals surface area contributed by atoms with Crippen molar-refractivity contribution in [1.82, 2.24) is 9.97 Å². The molecule has 1 atom stereocenters. The summed E-state index contributed by atoms with van der Waals surface area (Å²) in [5.41, 5.74) is 4.24. The second-order valence-corrected chi connectivity index (χ2v) is 6.23. The van der Waals surface area contributed by atoms with E-state index in [1.165, 1.54) is 18.2 Å². The molecule has 0 aliphatic carbocycles. The van der Waals surface area contributed by atoms with E-state index in [0.717, 1.165) is 12.4 Å². The molecule has 1 amide bonds. The predicted molar refractivity (Wildman–Crippen MR) is 95.2 cm³/mol. The average molecular weight is 391 g/mol. The Hall–Kier alpha value is -3.43. The number of anilines is 1. The van der Waals surface area contributed by atoms with E-state index in [1.54, 1.807) is 19.9 Å². The Morgan fingerprint density at radius 2 is 2.04 bits per heavy atom. The van der Waals surface area contributed by atoms with E-state index >= 15 is 0 Å². The number of nitrogens with zero attached hydrogens (tertiary/aromatic N) is 3. The average Bonchev–Trinajstić information content (AvgIpc) is 2.62. The van der Waals surface area contributed by atoms with Crippen molar-refractivity contribution in [2.45, 2.75) is 25.8 Å². The fourth-order valence-electron chi connectivity index (χ4n) is 2.77. The van der Waals surface area contributed by atoms with Crippen LogP contribution in [0.1, 0.15) is 42.0 Å². The third-order valence-electron chi connectivity index (χ3n) is 3.99. The van der Waals surface area contributed by atoms with Crippen molar-refractivity contribution in [2.75, 3.05) is 5.32 Å². The first-order valence-corrected chi connectivity index (χ1v) is 8.12. The Bertz CT molecular complexity index is 956. The van der Waals surface area contributed by atoms with Crippen LogP contribution < -0.4 is 11.1 Å². The van der Waals surface area contributed by atoms with Gasteiger partial charge in [-0.25, -0.2) is 23.1 Å². The molecule has 0 unspecified atom stereocenters. The van der Waals surface area contributed by atoms with Gasteiger partial charge in [0.05, 0.1) is 12.4 Å². The van der Waals surface area contributed by atoms with Gasteiger partial charge in [0.15, 0.2) is 0 Å². The van der Waals surface area contributed by atoms with Crippen LogP contribution in [-0.4, -0.2) is 21.9 Å². The molecule has 0 saturated heterocycles. The lowest BCUT2D eigenvalue weighted by molar-refractivity contribution is 0.102. The zero-order valence-electron chi connectivity index (χ0n) is 14.9. The number of rotatable bonds is 4. The van der Waals surface area contributed by atoms with Crippen molar-refractivity contribution in [3.63, 3.8) is 0 Å². The smallest absolute Gasteiger partial charge is 0.288 e. The number of allylic oxidation sites excluding steroid dienone is 1. The maximum atomic E-state index is 14.4. The van der Waals surface area contributed by atoms with Crippen LogP contribution in [-0.2, 0) is 10.3 Å². The second kappa shape index (κ2) is 7.29. The molecule has 1 aromatic carbocycles. The van der Waals surface area contributed by atoms with Crippen molar-refractivity contribution in [1.29, 1.82) is 0 Å². The molecule has 0 fully saturated rings. The van der Waals surface area contributed by atoms with Crippen molar-refractivity contribution < 1.29 is 22.7 Å². The first-order valence-electron chi connectivity index (χ1n) is 8.12. The molecule has 0 spiro atoms. The maximum Gasteiger partial charge on any atom is 0.288 e. The van der Waals surface area contributed by atoms with Crippen LogP contribution in [0.4, 0.5) is 18.9 Å². The van der Waals surface area contributed by atoms with Crippen molar-refractivity contribution in [3.05, 3.63) is 65.2 Å². The number of carbonyl (C=O) groups excluding carboxylic acids is 1. The van der Waals surface area contributed by atoms with Crippen molar-refractivity contribution in [3.8, 4) is 0 Å². The summed E-state index contributed by atoms with van der Waals surface area (Å²) in [7, 11) is 0. The van der Waals surface area contributed by atoms with Crippen LogP contribution >= 0.6 is 0 Å². The zero-order chi connectivity index (χ0) is 20.5. The summed E-state index contributed by atoms with van der Waals surface area (Å²) >= 11 is 0. The van der Waals surface area contributed by atoms with Gasteiger partial charge in [0.25, 0.3) is 18.4 Å². The van der Waals surface area contributed by atoms with Crippen LogP contribution in [0.3, 0.4) is 0 Å². The highest BCUT2D eigenvalue weighted by molar-refractivity contribution is 6.02. The van der Waals surface area contributed by atoms with Crippen LogP contribution in [0.15, 0.2) is 47.4 Å². The first-order chi connectivity index (χ1) is 13.2. The summed E-state index contributed by atoms with van der Waals surface area (Å²) < 4.78 is 44.6.